The van der Waals surface area contributed by atoms with Crippen LogP contribution in [0.5, 0.6) is 0 Å². The minimum atomic E-state index is -1.10. The summed E-state index contributed by atoms with van der Waals surface area (Å²) >= 11 is 0. The molecular formula is C48H40B2N4O2-2. The van der Waals surface area contributed by atoms with Gasteiger partial charge in [-0.15, -0.1) is 12.2 Å². The zero-order chi connectivity index (χ0) is 38.0. The molecule has 0 amide bonds. The van der Waals surface area contributed by atoms with Crippen molar-refractivity contribution in [2.24, 2.45) is 0 Å². The van der Waals surface area contributed by atoms with Gasteiger partial charge < -0.3 is 29.5 Å². The van der Waals surface area contributed by atoms with Crippen LogP contribution in [-0.2, 0) is 0 Å². The van der Waals surface area contributed by atoms with E-state index in [1.165, 1.54) is 32.5 Å². The lowest BCUT2D eigenvalue weighted by Gasteiger charge is -2.63. The van der Waals surface area contributed by atoms with E-state index in [1.54, 1.807) is 0 Å². The minimum absolute atomic E-state index is 0.133. The number of nitrogens with zero attached hydrogens (tertiary/aromatic N) is 4. The average molecular weight is 726 g/mol. The van der Waals surface area contributed by atoms with Crippen LogP contribution in [0.25, 0.3) is 43.1 Å². The highest BCUT2D eigenvalue weighted by Crippen LogP contribution is 2.55. The van der Waals surface area contributed by atoms with E-state index in [-0.39, 0.29) is 14.0 Å². The number of anilines is 4. The van der Waals surface area contributed by atoms with Crippen LogP contribution in [0.15, 0.2) is 146 Å². The number of rotatable bonds is 4. The largest absolute Gasteiger partial charge is 0.851 e. The van der Waals surface area contributed by atoms with Gasteiger partial charge in [0.1, 0.15) is 0 Å². The van der Waals surface area contributed by atoms with Gasteiger partial charge in [0.25, 0.3) is 0 Å². The van der Waals surface area contributed by atoms with Gasteiger partial charge in [0.15, 0.2) is 0 Å². The van der Waals surface area contributed by atoms with Crippen LogP contribution in [0.2, 0.25) is 0 Å². The van der Waals surface area contributed by atoms with Crippen molar-refractivity contribution >= 4 is 90.7 Å². The van der Waals surface area contributed by atoms with Gasteiger partial charge in [-0.05, 0) is 107 Å². The molecule has 1 aliphatic carbocycles. The molecule has 0 N–H and O–H groups in total. The topological polar surface area (TPSA) is 59.1 Å². The Hall–Kier alpha value is -5.95. The molecule has 56 heavy (non-hydrogen) atoms. The fraction of sp³-hybridized carbons (Fsp3) is 0.167. The Balaban J connectivity index is 1.04. The molecule has 3 aliphatic rings. The van der Waals surface area contributed by atoms with Crippen molar-refractivity contribution in [1.29, 1.82) is 0 Å². The minimum Gasteiger partial charge on any atom is -0.851 e. The van der Waals surface area contributed by atoms with Gasteiger partial charge in [0, 0.05) is 33.5 Å². The molecule has 0 saturated heterocycles. The molecule has 0 atom stereocenters. The molecule has 8 heteroatoms. The van der Waals surface area contributed by atoms with Crippen LogP contribution in [0.4, 0.5) is 22.7 Å². The van der Waals surface area contributed by atoms with E-state index in [2.05, 4.69) is 193 Å². The summed E-state index contributed by atoms with van der Waals surface area (Å²) in [6.45, 7) is -0.266. The fourth-order valence-corrected chi connectivity index (χ4v) is 10.8. The van der Waals surface area contributed by atoms with E-state index in [1.807, 2.05) is 0 Å². The molecule has 6 nitrogen and oxygen atoms in total. The lowest BCUT2D eigenvalue weighted by atomic mass is 9.57. The van der Waals surface area contributed by atoms with Crippen molar-refractivity contribution < 1.29 is 10.2 Å². The molecular weight excluding hydrogens is 686 g/mol. The van der Waals surface area contributed by atoms with Crippen LogP contribution in [0, 0.1) is 0 Å². The fourth-order valence-electron chi connectivity index (χ4n) is 10.8. The molecule has 2 heterocycles. The van der Waals surface area contributed by atoms with Crippen LogP contribution in [0.1, 0.15) is 23.0 Å². The van der Waals surface area contributed by atoms with Crippen molar-refractivity contribution in [3.05, 3.63) is 157 Å². The molecule has 0 radical (unpaired) electrons. The highest BCUT2D eigenvalue weighted by atomic mass is 16.3. The summed E-state index contributed by atoms with van der Waals surface area (Å²) in [7, 11) is 8.55. The van der Waals surface area contributed by atoms with Gasteiger partial charge in [0.2, 0.25) is 0 Å². The lowest BCUT2D eigenvalue weighted by Crippen LogP contribution is -2.65. The highest BCUT2D eigenvalue weighted by molar-refractivity contribution is 6.83. The molecule has 272 valence electrons. The van der Waals surface area contributed by atoms with E-state index in [0.717, 1.165) is 55.4 Å². The Morgan fingerprint density at radius 1 is 0.393 bits per heavy atom. The summed E-state index contributed by atoms with van der Waals surface area (Å²) in [6.07, 6.45) is -2.21. The average Bonchev–Trinajstić information content (AvgIpc) is 3.22. The molecule has 8 aromatic carbocycles. The third kappa shape index (κ3) is 4.48. The number of hydrogen-bond acceptors (Lipinski definition) is 6. The van der Waals surface area contributed by atoms with Crippen LogP contribution in [-0.4, -0.2) is 54.4 Å². The summed E-state index contributed by atoms with van der Waals surface area (Å²) in [6, 6.07) is 51.2. The summed E-state index contributed by atoms with van der Waals surface area (Å²) in [5, 5.41) is 39.2. The number of benzene rings is 8. The second-order valence-corrected chi connectivity index (χ2v) is 16.1. The number of fused-ring (bicyclic) bond motifs is 2. The molecule has 0 aromatic heterocycles. The second-order valence-electron chi connectivity index (χ2n) is 16.1. The maximum atomic E-state index is 15.0. The van der Waals surface area contributed by atoms with E-state index < -0.39 is 24.0 Å². The SMILES string of the molecule is CN1B(c2cccc3ccccc23)N(C)c2c(C3C([O-])C(c4ccc5cccc6c5c4N(C)B(c4cccc5ccccc45)N6C)C3[O-])ccc3cccc1c23. The molecule has 1 saturated carbocycles. The van der Waals surface area contributed by atoms with Gasteiger partial charge in [-0.1, -0.05) is 133 Å². The van der Waals surface area contributed by atoms with E-state index in [4.69, 9.17) is 0 Å². The maximum absolute atomic E-state index is 15.0. The van der Waals surface area contributed by atoms with Crippen LogP contribution in [0.3, 0.4) is 0 Å². The van der Waals surface area contributed by atoms with Crippen molar-refractivity contribution in [3.63, 3.8) is 0 Å². The molecule has 0 bridgehead atoms. The lowest BCUT2D eigenvalue weighted by molar-refractivity contribution is -0.535. The van der Waals surface area contributed by atoms with Crippen LogP contribution < -0.4 is 40.4 Å². The molecule has 11 rings (SSSR count). The van der Waals surface area contributed by atoms with Gasteiger partial charge in [-0.25, -0.2) is 0 Å². The van der Waals surface area contributed by atoms with Crippen LogP contribution >= 0.6 is 0 Å². The zero-order valence-electron chi connectivity index (χ0n) is 31.9. The first-order valence-electron chi connectivity index (χ1n) is 19.6. The highest BCUT2D eigenvalue weighted by Gasteiger charge is 2.46. The first-order chi connectivity index (χ1) is 27.3. The van der Waals surface area contributed by atoms with Crippen molar-refractivity contribution in [1.82, 2.24) is 0 Å². The van der Waals surface area contributed by atoms with Crippen molar-refractivity contribution in [2.45, 2.75) is 24.0 Å². The standard InChI is InChI=1S/C48H40B2N4O2/c1-51-39-23-11-17-31-25-27-35(45(41(31)39)53(3)49(51)37-21-9-15-29-13-5-7-19-33(29)37)43-47(55)44(48(43)56)36-28-26-32-18-12-24-40-42(32)46(36)54(4)50(52(40)2)38-22-10-16-30-14-6-8-20-34(30)38/h5-28,43-44,47-48H,1-4H3/q-2. The van der Waals surface area contributed by atoms with Gasteiger partial charge in [-0.3, -0.25) is 0 Å². The van der Waals surface area contributed by atoms with E-state index in [9.17, 15) is 0 Å². The summed E-state index contributed by atoms with van der Waals surface area (Å²) in [5.74, 6) is -1.37. The van der Waals surface area contributed by atoms with Gasteiger partial charge in [0.05, 0.1) is 0 Å². The van der Waals surface area contributed by atoms with Gasteiger partial charge >= 0.3 is 14.0 Å². The summed E-state index contributed by atoms with van der Waals surface area (Å²) in [4.78, 5) is 9.29. The number of hydrogen-bond donors (Lipinski definition) is 0. The monoisotopic (exact) mass is 726 g/mol. The maximum Gasteiger partial charge on any atom is 0.411 e. The second kappa shape index (κ2) is 12.3. The molecule has 0 unspecified atom stereocenters. The first kappa shape index (κ1) is 33.4. The Morgan fingerprint density at radius 2 is 0.768 bits per heavy atom. The van der Waals surface area contributed by atoms with Gasteiger partial charge in [-0.2, -0.15) is 0 Å². The summed E-state index contributed by atoms with van der Waals surface area (Å²) < 4.78 is 0. The van der Waals surface area contributed by atoms with Crippen molar-refractivity contribution in [2.75, 3.05) is 47.4 Å². The smallest absolute Gasteiger partial charge is 0.411 e. The first-order valence-corrected chi connectivity index (χ1v) is 19.6. The Kier molecular flexibility index (Phi) is 7.32. The predicted molar refractivity (Wildman–Crippen MR) is 233 cm³/mol. The predicted octanol–water partition coefficient (Wildman–Crippen LogP) is 6.20. The molecule has 8 aromatic rings. The Labute approximate surface area is 328 Å². The Bertz CT molecular complexity index is 2690. The van der Waals surface area contributed by atoms with E-state index >= 15 is 10.2 Å². The third-order valence-electron chi connectivity index (χ3n) is 13.3. The quantitative estimate of drug-likeness (QED) is 0.202. The molecule has 1 fully saturated rings. The Morgan fingerprint density at radius 3 is 1.21 bits per heavy atom. The zero-order valence-corrected chi connectivity index (χ0v) is 31.9. The van der Waals surface area contributed by atoms with Crippen molar-refractivity contribution in [3.8, 4) is 0 Å². The summed E-state index contributed by atoms with van der Waals surface area (Å²) in [5.41, 5.74) is 8.30. The van der Waals surface area contributed by atoms with E-state index in [0.29, 0.717) is 0 Å². The molecule has 2 aliphatic heterocycles. The third-order valence-corrected chi connectivity index (χ3v) is 13.3. The normalized spacial score (nSPS) is 20.5. The molecule has 0 spiro atoms.